The summed E-state index contributed by atoms with van der Waals surface area (Å²) in [6.45, 7) is 12.6. The Hall–Kier alpha value is -4.78. The number of nitrogens with zero attached hydrogens (tertiary/aromatic N) is 2. The molecule has 2 amide bonds. The fourth-order valence-corrected chi connectivity index (χ4v) is 3.43. The van der Waals surface area contributed by atoms with Gasteiger partial charge >= 0.3 is 6.09 Å². The third-order valence-corrected chi connectivity index (χ3v) is 5.03. The lowest BCUT2D eigenvalue weighted by Gasteiger charge is -2.21. The van der Waals surface area contributed by atoms with Crippen LogP contribution >= 0.6 is 0 Å². The Morgan fingerprint density at radius 3 is 2.34 bits per heavy atom. The van der Waals surface area contributed by atoms with Gasteiger partial charge in [-0.05, 0) is 38.5 Å². The Morgan fingerprint density at radius 2 is 1.71 bits per heavy atom. The van der Waals surface area contributed by atoms with Gasteiger partial charge in [0, 0.05) is 18.2 Å². The van der Waals surface area contributed by atoms with Gasteiger partial charge in [-0.2, -0.15) is 0 Å². The Balaban J connectivity index is 2.09. The highest BCUT2D eigenvalue weighted by Crippen LogP contribution is 2.40. The second-order valence-electron chi connectivity index (χ2n) is 8.97. The highest BCUT2D eigenvalue weighted by atomic mass is 19.2. The van der Waals surface area contributed by atoms with Gasteiger partial charge in [0.15, 0.2) is 17.3 Å². The van der Waals surface area contributed by atoms with E-state index in [2.05, 4.69) is 20.5 Å². The molecule has 0 fully saturated rings. The molecule has 8 nitrogen and oxygen atoms in total. The van der Waals surface area contributed by atoms with Crippen molar-refractivity contribution in [1.29, 1.82) is 0 Å². The number of hydrogen-bond donors (Lipinski definition) is 2. The SMILES string of the molecule is [C-]#[N+]c1ccc(OCc2ccccc2)c(C(=O)NC(=NC)NC(=O)OC(C)(C)C)c1-c1cccc(F)c1F. The molecule has 0 unspecified atom stereocenters. The van der Waals surface area contributed by atoms with Crippen LogP contribution in [-0.4, -0.2) is 30.6 Å². The summed E-state index contributed by atoms with van der Waals surface area (Å²) in [5, 5.41) is 4.76. The second kappa shape index (κ2) is 12.0. The predicted octanol–water partition coefficient (Wildman–Crippen LogP) is 6.00. The Morgan fingerprint density at radius 1 is 1.00 bits per heavy atom. The summed E-state index contributed by atoms with van der Waals surface area (Å²) in [6, 6.07) is 15.3. The van der Waals surface area contributed by atoms with E-state index in [1.807, 2.05) is 30.3 Å². The summed E-state index contributed by atoms with van der Waals surface area (Å²) in [7, 11) is 1.32. The number of carbonyl (C=O) groups is 2. The van der Waals surface area contributed by atoms with Gasteiger partial charge in [-0.25, -0.2) is 18.4 Å². The largest absolute Gasteiger partial charge is 0.488 e. The van der Waals surface area contributed by atoms with Crippen LogP contribution in [0.15, 0.2) is 65.7 Å². The maximum absolute atomic E-state index is 14.9. The van der Waals surface area contributed by atoms with Crippen molar-refractivity contribution in [3.05, 3.63) is 94.8 Å². The first-order chi connectivity index (χ1) is 18.0. The summed E-state index contributed by atoms with van der Waals surface area (Å²) in [6.07, 6.45) is -0.870. The van der Waals surface area contributed by atoms with Crippen molar-refractivity contribution in [2.45, 2.75) is 33.0 Å². The van der Waals surface area contributed by atoms with E-state index >= 15 is 0 Å². The van der Waals surface area contributed by atoms with E-state index in [0.29, 0.717) is 0 Å². The molecule has 10 heteroatoms. The van der Waals surface area contributed by atoms with Crippen molar-refractivity contribution < 1.29 is 27.8 Å². The van der Waals surface area contributed by atoms with Crippen molar-refractivity contribution >= 4 is 23.6 Å². The molecular formula is C28H26F2N4O4. The molecule has 3 aromatic rings. The standard InChI is InChI=1S/C28H26F2N4O4/c1-28(2,3)38-27(36)34-26(32-5)33-25(35)23-21(37-16-17-10-7-6-8-11-17)15-14-20(31-4)22(23)18-12-9-13-19(29)24(18)30/h6-15H,16H2,1-3,5H3,(H2,32,33,34,35,36). The van der Waals surface area contributed by atoms with E-state index in [4.69, 9.17) is 16.0 Å². The Labute approximate surface area is 219 Å². The smallest absolute Gasteiger partial charge is 0.414 e. The number of ether oxygens (including phenoxy) is 2. The molecule has 0 aliphatic carbocycles. The zero-order valence-corrected chi connectivity index (χ0v) is 21.3. The summed E-state index contributed by atoms with van der Waals surface area (Å²) in [5.41, 5.74) is -0.853. The van der Waals surface area contributed by atoms with Crippen LogP contribution in [0.25, 0.3) is 16.0 Å². The summed E-state index contributed by atoms with van der Waals surface area (Å²) < 4.78 is 40.2. The number of nitrogens with one attached hydrogen (secondary N) is 2. The second-order valence-corrected chi connectivity index (χ2v) is 8.97. The van der Waals surface area contributed by atoms with Crippen LogP contribution in [0.1, 0.15) is 36.7 Å². The number of carbonyl (C=O) groups excluding carboxylic acids is 2. The number of amides is 2. The van der Waals surface area contributed by atoms with Crippen LogP contribution < -0.4 is 15.4 Å². The number of guanidine groups is 1. The van der Waals surface area contributed by atoms with Gasteiger partial charge in [-0.15, -0.1) is 0 Å². The summed E-state index contributed by atoms with van der Waals surface area (Å²) in [5.74, 6) is -3.53. The quantitative estimate of drug-likeness (QED) is 0.245. The molecule has 2 N–H and O–H groups in total. The fourth-order valence-electron chi connectivity index (χ4n) is 3.43. The molecule has 0 saturated heterocycles. The molecule has 38 heavy (non-hydrogen) atoms. The lowest BCUT2D eigenvalue weighted by molar-refractivity contribution is 0.0561. The number of hydrogen-bond acceptors (Lipinski definition) is 5. The molecule has 3 aromatic carbocycles. The summed E-state index contributed by atoms with van der Waals surface area (Å²) >= 11 is 0. The first-order valence-corrected chi connectivity index (χ1v) is 11.5. The van der Waals surface area contributed by atoms with Crippen molar-refractivity contribution in [3.8, 4) is 16.9 Å². The zero-order chi connectivity index (χ0) is 27.9. The molecule has 0 aliphatic heterocycles. The van der Waals surface area contributed by atoms with Crippen LogP contribution in [0.4, 0.5) is 19.3 Å². The van der Waals surface area contributed by atoms with Gasteiger partial charge in [-0.3, -0.25) is 20.4 Å². The highest BCUT2D eigenvalue weighted by Gasteiger charge is 2.27. The van der Waals surface area contributed by atoms with Crippen LogP contribution in [0.5, 0.6) is 5.75 Å². The van der Waals surface area contributed by atoms with Crippen LogP contribution in [0.3, 0.4) is 0 Å². The number of halogens is 2. The predicted molar refractivity (Wildman–Crippen MR) is 139 cm³/mol. The number of aliphatic imine (C=N–C) groups is 1. The molecule has 0 aromatic heterocycles. The van der Waals surface area contributed by atoms with Gasteiger partial charge in [0.25, 0.3) is 5.91 Å². The zero-order valence-electron chi connectivity index (χ0n) is 21.3. The van der Waals surface area contributed by atoms with Gasteiger partial charge in [0.2, 0.25) is 5.96 Å². The monoisotopic (exact) mass is 520 g/mol. The molecule has 0 bridgehead atoms. The molecule has 0 aliphatic rings. The van der Waals surface area contributed by atoms with E-state index in [-0.39, 0.29) is 40.7 Å². The highest BCUT2D eigenvalue weighted by molar-refractivity contribution is 6.14. The van der Waals surface area contributed by atoms with E-state index < -0.39 is 29.2 Å². The number of benzene rings is 3. The minimum absolute atomic E-state index is 0.00476. The van der Waals surface area contributed by atoms with Gasteiger partial charge in [-0.1, -0.05) is 48.5 Å². The fraction of sp³-hybridized carbons (Fsp3) is 0.214. The van der Waals surface area contributed by atoms with E-state index in [1.54, 1.807) is 20.8 Å². The molecule has 0 heterocycles. The lowest BCUT2D eigenvalue weighted by atomic mass is 9.95. The Bertz CT molecular complexity index is 1410. The van der Waals surface area contributed by atoms with Crippen LogP contribution in [-0.2, 0) is 11.3 Å². The molecule has 0 saturated carbocycles. The van der Waals surface area contributed by atoms with Crippen molar-refractivity contribution in [2.75, 3.05) is 7.05 Å². The average Bonchev–Trinajstić information content (AvgIpc) is 2.87. The lowest BCUT2D eigenvalue weighted by Crippen LogP contribution is -2.45. The molecule has 0 atom stereocenters. The van der Waals surface area contributed by atoms with Gasteiger partial charge in [0.05, 0.1) is 12.1 Å². The maximum atomic E-state index is 14.9. The maximum Gasteiger partial charge on any atom is 0.414 e. The van der Waals surface area contributed by atoms with Crippen molar-refractivity contribution in [1.82, 2.24) is 10.6 Å². The van der Waals surface area contributed by atoms with Crippen molar-refractivity contribution in [2.24, 2.45) is 4.99 Å². The molecule has 3 rings (SSSR count). The van der Waals surface area contributed by atoms with E-state index in [0.717, 1.165) is 11.6 Å². The average molecular weight is 521 g/mol. The molecular weight excluding hydrogens is 494 g/mol. The van der Waals surface area contributed by atoms with E-state index in [9.17, 15) is 18.4 Å². The molecule has 196 valence electrons. The van der Waals surface area contributed by atoms with E-state index in [1.165, 1.54) is 31.3 Å². The summed E-state index contributed by atoms with van der Waals surface area (Å²) in [4.78, 5) is 33.1. The van der Waals surface area contributed by atoms with Gasteiger partial charge in [0.1, 0.15) is 18.0 Å². The molecule has 0 radical (unpaired) electrons. The first-order valence-electron chi connectivity index (χ1n) is 11.5. The minimum Gasteiger partial charge on any atom is -0.488 e. The number of alkyl carbamates (subject to hydrolysis) is 1. The third kappa shape index (κ3) is 6.91. The van der Waals surface area contributed by atoms with Crippen LogP contribution in [0, 0.1) is 18.2 Å². The molecule has 0 spiro atoms. The normalized spacial score (nSPS) is 11.3. The van der Waals surface area contributed by atoms with Crippen molar-refractivity contribution in [3.63, 3.8) is 0 Å². The third-order valence-electron chi connectivity index (χ3n) is 5.03. The first kappa shape index (κ1) is 27.8. The van der Waals surface area contributed by atoms with Gasteiger partial charge < -0.3 is 9.47 Å². The number of rotatable bonds is 5. The minimum atomic E-state index is -1.23. The topological polar surface area (TPSA) is 93.4 Å². The Kier molecular flexibility index (Phi) is 8.76. The van der Waals surface area contributed by atoms with Crippen LogP contribution in [0.2, 0.25) is 0 Å².